The average molecular weight is 398 g/mol. The van der Waals surface area contributed by atoms with Crippen LogP contribution in [0.5, 0.6) is 0 Å². The minimum atomic E-state index is -0.238. The number of hydrogen-bond donors (Lipinski definition) is 1. The average Bonchev–Trinajstić information content (AvgIpc) is 3.45. The molecule has 1 N–H and O–H groups in total. The zero-order valence-electron chi connectivity index (χ0n) is 15.6. The van der Waals surface area contributed by atoms with Crippen molar-refractivity contribution in [3.05, 3.63) is 30.5 Å². The first-order valence-corrected chi connectivity index (χ1v) is 10.6. The van der Waals surface area contributed by atoms with E-state index in [4.69, 9.17) is 9.47 Å². The summed E-state index contributed by atoms with van der Waals surface area (Å²) >= 11 is 1.45. The number of aromatic nitrogens is 4. The summed E-state index contributed by atoms with van der Waals surface area (Å²) in [6.45, 7) is 3.40. The van der Waals surface area contributed by atoms with E-state index in [0.717, 1.165) is 46.9 Å². The van der Waals surface area contributed by atoms with Crippen LogP contribution in [-0.2, 0) is 20.8 Å². The van der Waals surface area contributed by atoms with Crippen molar-refractivity contribution in [3.63, 3.8) is 0 Å². The van der Waals surface area contributed by atoms with Gasteiger partial charge in [0.1, 0.15) is 11.4 Å². The normalized spacial score (nSPS) is 24.9. The molecule has 28 heavy (non-hydrogen) atoms. The fraction of sp³-hybridized carbons (Fsp3) is 0.450. The lowest BCUT2D eigenvalue weighted by Gasteiger charge is -2.15. The quantitative estimate of drug-likeness (QED) is 0.664. The van der Waals surface area contributed by atoms with Gasteiger partial charge in [-0.3, -0.25) is 9.36 Å². The van der Waals surface area contributed by atoms with E-state index in [0.29, 0.717) is 13.0 Å². The van der Waals surface area contributed by atoms with Gasteiger partial charge in [0.15, 0.2) is 11.0 Å². The number of nitrogens with one attached hydrogen (secondary N) is 1. The molecule has 0 spiro atoms. The Labute approximate surface area is 166 Å². The minimum absolute atomic E-state index is 0.0485. The number of para-hydroxylation sites is 1. The maximum atomic E-state index is 12.1. The van der Waals surface area contributed by atoms with Crippen LogP contribution in [0.2, 0.25) is 0 Å². The van der Waals surface area contributed by atoms with Crippen LogP contribution in [0.15, 0.2) is 35.6 Å². The van der Waals surface area contributed by atoms with Gasteiger partial charge in [0, 0.05) is 35.7 Å². The molecule has 0 unspecified atom stereocenters. The number of aromatic amines is 1. The number of carbonyl (C=O) groups excluding carboxylic acids is 1. The summed E-state index contributed by atoms with van der Waals surface area (Å²) in [5, 5.41) is 10.6. The number of benzene rings is 1. The largest absolute Gasteiger partial charge is 0.462 e. The van der Waals surface area contributed by atoms with Crippen molar-refractivity contribution >= 4 is 28.6 Å². The molecule has 7 nitrogen and oxygen atoms in total. The summed E-state index contributed by atoms with van der Waals surface area (Å²) in [4.78, 5) is 15.4. The zero-order chi connectivity index (χ0) is 19.1. The topological polar surface area (TPSA) is 82.0 Å². The van der Waals surface area contributed by atoms with Crippen LogP contribution in [0, 0.1) is 0 Å². The van der Waals surface area contributed by atoms with Crippen LogP contribution in [-0.4, -0.2) is 49.8 Å². The van der Waals surface area contributed by atoms with E-state index >= 15 is 0 Å². The van der Waals surface area contributed by atoms with Crippen molar-refractivity contribution in [1.82, 2.24) is 19.7 Å². The molecule has 2 fully saturated rings. The molecule has 2 aliphatic heterocycles. The van der Waals surface area contributed by atoms with Crippen LogP contribution >= 0.6 is 11.8 Å². The molecular weight excluding hydrogens is 376 g/mol. The van der Waals surface area contributed by atoms with Gasteiger partial charge in [-0.2, -0.15) is 0 Å². The molecule has 2 saturated heterocycles. The molecule has 4 heterocycles. The van der Waals surface area contributed by atoms with Crippen LogP contribution in [0.3, 0.4) is 0 Å². The lowest BCUT2D eigenvalue weighted by molar-refractivity contribution is -0.140. The van der Waals surface area contributed by atoms with Gasteiger partial charge < -0.3 is 14.5 Å². The second-order valence-electron chi connectivity index (χ2n) is 7.39. The van der Waals surface area contributed by atoms with E-state index < -0.39 is 0 Å². The zero-order valence-corrected chi connectivity index (χ0v) is 16.4. The van der Waals surface area contributed by atoms with E-state index in [-0.39, 0.29) is 23.4 Å². The Hall–Kier alpha value is -2.32. The van der Waals surface area contributed by atoms with E-state index in [1.54, 1.807) is 0 Å². The molecule has 3 atom stereocenters. The number of cyclic esters (lactones) is 1. The number of carbonyl (C=O) groups is 1. The summed E-state index contributed by atoms with van der Waals surface area (Å²) in [5.74, 6) is 0.632. The molecule has 2 aromatic heterocycles. The van der Waals surface area contributed by atoms with E-state index in [1.807, 2.05) is 31.3 Å². The molecule has 0 saturated carbocycles. The number of esters is 1. The van der Waals surface area contributed by atoms with Crippen molar-refractivity contribution in [1.29, 1.82) is 0 Å². The Bertz CT molecular complexity index is 1010. The monoisotopic (exact) mass is 398 g/mol. The molecule has 1 aromatic carbocycles. The highest BCUT2D eigenvalue weighted by atomic mass is 32.2. The van der Waals surface area contributed by atoms with Gasteiger partial charge in [0.05, 0.1) is 12.6 Å². The lowest BCUT2D eigenvalue weighted by Crippen LogP contribution is -2.18. The third-order valence-electron chi connectivity index (χ3n) is 5.33. The number of H-pyrrole nitrogens is 1. The number of hydrogen-bond acceptors (Lipinski definition) is 6. The van der Waals surface area contributed by atoms with Gasteiger partial charge in [0.2, 0.25) is 0 Å². The van der Waals surface area contributed by atoms with E-state index in [1.165, 1.54) is 11.8 Å². The summed E-state index contributed by atoms with van der Waals surface area (Å²) in [6, 6.07) is 8.15. The maximum Gasteiger partial charge on any atom is 0.319 e. The highest BCUT2D eigenvalue weighted by Gasteiger charge is 2.35. The third kappa shape index (κ3) is 3.20. The summed E-state index contributed by atoms with van der Waals surface area (Å²) in [7, 11) is 0. The van der Waals surface area contributed by atoms with Gasteiger partial charge in [-0.25, -0.2) is 0 Å². The predicted octanol–water partition coefficient (Wildman–Crippen LogP) is 3.40. The Morgan fingerprint density at radius 2 is 2.21 bits per heavy atom. The molecule has 0 aliphatic carbocycles. The first kappa shape index (κ1) is 17.8. The molecule has 2 aliphatic rings. The number of fused-ring (bicyclic) bond motifs is 1. The van der Waals surface area contributed by atoms with Crippen LogP contribution < -0.4 is 0 Å². The Morgan fingerprint density at radius 3 is 3.00 bits per heavy atom. The first-order chi connectivity index (χ1) is 13.7. The van der Waals surface area contributed by atoms with Gasteiger partial charge >= 0.3 is 5.97 Å². The van der Waals surface area contributed by atoms with Gasteiger partial charge in [0.25, 0.3) is 0 Å². The van der Waals surface area contributed by atoms with Gasteiger partial charge in [-0.1, -0.05) is 30.0 Å². The molecular formula is C20H22N4O3S. The van der Waals surface area contributed by atoms with Crippen LogP contribution in [0.25, 0.3) is 22.3 Å². The number of ether oxygens (including phenoxy) is 2. The second kappa shape index (κ2) is 7.25. The summed E-state index contributed by atoms with van der Waals surface area (Å²) in [6.07, 6.45) is 4.86. The Kier molecular flexibility index (Phi) is 4.60. The molecule has 0 amide bonds. The Morgan fingerprint density at radius 1 is 1.32 bits per heavy atom. The molecule has 0 radical (unpaired) electrons. The number of rotatable bonds is 5. The number of nitrogens with zero attached hydrogens (tertiary/aromatic N) is 3. The standard InChI is InChI=1S/C20H22N4O3S/c1-12-9-17(19(25)27-12)28-20-23-22-18(24(20)11-13-5-4-8-26-13)15-10-21-16-7-3-2-6-14(15)16/h2-3,6-7,10,12-13,17,21H,4-5,8-9,11H2,1H3/t12-,13-,17-/m1/s1. The molecule has 8 heteroatoms. The predicted molar refractivity (Wildman–Crippen MR) is 106 cm³/mol. The van der Waals surface area contributed by atoms with Gasteiger partial charge in [-0.05, 0) is 25.8 Å². The molecule has 5 rings (SSSR count). The highest BCUT2D eigenvalue weighted by molar-refractivity contribution is 8.00. The minimum Gasteiger partial charge on any atom is -0.462 e. The summed E-state index contributed by atoms with van der Waals surface area (Å²) in [5.41, 5.74) is 2.07. The lowest BCUT2D eigenvalue weighted by atomic mass is 10.1. The molecule has 3 aromatic rings. The molecule has 0 bridgehead atoms. The van der Waals surface area contributed by atoms with Crippen molar-refractivity contribution < 1.29 is 14.3 Å². The second-order valence-corrected chi connectivity index (χ2v) is 8.56. The van der Waals surface area contributed by atoms with Crippen molar-refractivity contribution in [2.45, 2.75) is 55.3 Å². The van der Waals surface area contributed by atoms with E-state index in [9.17, 15) is 4.79 Å². The van der Waals surface area contributed by atoms with Crippen LogP contribution in [0.1, 0.15) is 26.2 Å². The fourth-order valence-electron chi connectivity index (χ4n) is 3.93. The molecule has 146 valence electrons. The van der Waals surface area contributed by atoms with E-state index in [2.05, 4.69) is 25.8 Å². The third-order valence-corrected chi connectivity index (χ3v) is 6.51. The van der Waals surface area contributed by atoms with Gasteiger partial charge in [-0.15, -0.1) is 10.2 Å². The fourth-order valence-corrected chi connectivity index (χ4v) is 5.08. The van der Waals surface area contributed by atoms with Crippen molar-refractivity contribution in [2.75, 3.05) is 6.61 Å². The SMILES string of the molecule is C[C@@H]1C[C@@H](Sc2nnc(-c3c[nH]c4ccccc34)n2C[C@H]2CCCO2)C(=O)O1. The first-order valence-electron chi connectivity index (χ1n) is 9.67. The smallest absolute Gasteiger partial charge is 0.319 e. The van der Waals surface area contributed by atoms with Crippen molar-refractivity contribution in [2.24, 2.45) is 0 Å². The highest BCUT2D eigenvalue weighted by Crippen LogP contribution is 2.35. The Balaban J connectivity index is 1.53. The number of thioether (sulfide) groups is 1. The maximum absolute atomic E-state index is 12.1. The summed E-state index contributed by atoms with van der Waals surface area (Å²) < 4.78 is 13.3. The van der Waals surface area contributed by atoms with Crippen LogP contribution in [0.4, 0.5) is 0 Å². The van der Waals surface area contributed by atoms with Crippen molar-refractivity contribution in [3.8, 4) is 11.4 Å².